The van der Waals surface area contributed by atoms with E-state index in [1.54, 1.807) is 0 Å². The number of piperidine rings is 1. The van der Waals surface area contributed by atoms with E-state index in [0.29, 0.717) is 25.9 Å². The van der Waals surface area contributed by atoms with Gasteiger partial charge in [0.2, 0.25) is 11.8 Å². The maximum absolute atomic E-state index is 13.6. The molecule has 1 aromatic rings. The molecule has 1 aromatic carbocycles. The van der Waals surface area contributed by atoms with Crippen LogP contribution >= 0.6 is 0 Å². The summed E-state index contributed by atoms with van der Waals surface area (Å²) in [6.45, 7) is 1.07. The highest BCUT2D eigenvalue weighted by Crippen LogP contribution is 2.28. The molecule has 0 atom stereocenters. The van der Waals surface area contributed by atoms with Gasteiger partial charge in [0, 0.05) is 24.9 Å². The molecule has 1 N–H and O–H groups in total. The first-order chi connectivity index (χ1) is 12.1. The van der Waals surface area contributed by atoms with Gasteiger partial charge in [0.25, 0.3) is 0 Å². The first-order valence-corrected chi connectivity index (χ1v) is 9.10. The second-order valence-electron chi connectivity index (χ2n) is 7.02. The van der Waals surface area contributed by atoms with Crippen molar-refractivity contribution in [1.82, 2.24) is 4.90 Å². The molecule has 0 radical (unpaired) electrons. The van der Waals surface area contributed by atoms with Gasteiger partial charge >= 0.3 is 0 Å². The van der Waals surface area contributed by atoms with Crippen molar-refractivity contribution in [2.45, 2.75) is 44.9 Å². The van der Waals surface area contributed by atoms with Crippen LogP contribution in [-0.4, -0.2) is 29.8 Å². The third-order valence-electron chi connectivity index (χ3n) is 5.34. The maximum atomic E-state index is 13.6. The Balaban J connectivity index is 1.53. The van der Waals surface area contributed by atoms with E-state index in [-0.39, 0.29) is 23.7 Å². The topological polar surface area (TPSA) is 49.4 Å². The quantitative estimate of drug-likeness (QED) is 0.903. The molecule has 0 bridgehead atoms. The van der Waals surface area contributed by atoms with E-state index in [0.717, 1.165) is 37.8 Å². The lowest BCUT2D eigenvalue weighted by molar-refractivity contribution is -0.139. The van der Waals surface area contributed by atoms with Gasteiger partial charge in [-0.2, -0.15) is 0 Å². The fourth-order valence-electron chi connectivity index (χ4n) is 3.81. The molecular weight excluding hydrogens is 326 g/mol. The van der Waals surface area contributed by atoms with Crippen LogP contribution in [0.5, 0.6) is 0 Å². The van der Waals surface area contributed by atoms with Crippen molar-refractivity contribution in [3.05, 3.63) is 29.8 Å². The maximum Gasteiger partial charge on any atom is 0.227 e. The van der Waals surface area contributed by atoms with Crippen molar-refractivity contribution in [2.75, 3.05) is 18.4 Å². The van der Waals surface area contributed by atoms with Gasteiger partial charge in [-0.25, -0.2) is 8.78 Å². The Morgan fingerprint density at radius 1 is 0.920 bits per heavy atom. The Morgan fingerprint density at radius 3 is 2.12 bits per heavy atom. The van der Waals surface area contributed by atoms with Gasteiger partial charge in [0.05, 0.1) is 0 Å². The SMILES string of the molecule is O=C(Nc1c(F)cccc1F)C1CCN(C(=O)C2CCCCC2)CC1. The molecule has 136 valence electrons. The van der Waals surface area contributed by atoms with Crippen LogP contribution < -0.4 is 5.32 Å². The smallest absolute Gasteiger partial charge is 0.227 e. The molecule has 0 unspecified atom stereocenters. The molecule has 6 heteroatoms. The summed E-state index contributed by atoms with van der Waals surface area (Å²) in [5.41, 5.74) is -0.395. The number of halogens is 2. The average Bonchev–Trinajstić information content (AvgIpc) is 2.65. The Hall–Kier alpha value is -1.98. The van der Waals surface area contributed by atoms with E-state index in [9.17, 15) is 18.4 Å². The molecule has 1 saturated carbocycles. The van der Waals surface area contributed by atoms with Gasteiger partial charge in [-0.05, 0) is 37.8 Å². The standard InChI is InChI=1S/C19H24F2N2O2/c20-15-7-4-8-16(21)17(15)22-18(24)13-9-11-23(12-10-13)19(25)14-5-2-1-3-6-14/h4,7-8,13-14H,1-3,5-6,9-12H2,(H,22,24). The van der Waals surface area contributed by atoms with Crippen LogP contribution in [0, 0.1) is 23.5 Å². The summed E-state index contributed by atoms with van der Waals surface area (Å²) in [6, 6.07) is 3.49. The Morgan fingerprint density at radius 2 is 1.52 bits per heavy atom. The monoisotopic (exact) mass is 350 g/mol. The Bertz CT molecular complexity index is 616. The predicted octanol–water partition coefficient (Wildman–Crippen LogP) is 3.72. The number of anilines is 1. The summed E-state index contributed by atoms with van der Waals surface area (Å²) >= 11 is 0. The molecule has 2 fully saturated rings. The predicted molar refractivity (Wildman–Crippen MR) is 90.9 cm³/mol. The summed E-state index contributed by atoms with van der Waals surface area (Å²) < 4.78 is 27.3. The fourth-order valence-corrected chi connectivity index (χ4v) is 3.81. The van der Waals surface area contributed by atoms with Gasteiger partial charge < -0.3 is 10.2 Å². The van der Waals surface area contributed by atoms with Gasteiger partial charge in [-0.3, -0.25) is 9.59 Å². The third kappa shape index (κ3) is 4.17. The number of carbonyl (C=O) groups is 2. The number of nitrogens with zero attached hydrogens (tertiary/aromatic N) is 1. The molecular formula is C19H24F2N2O2. The van der Waals surface area contributed by atoms with E-state index in [4.69, 9.17) is 0 Å². The second kappa shape index (κ2) is 7.93. The lowest BCUT2D eigenvalue weighted by Crippen LogP contribution is -2.44. The Kier molecular flexibility index (Phi) is 5.66. The number of hydrogen-bond acceptors (Lipinski definition) is 2. The minimum atomic E-state index is -0.779. The van der Waals surface area contributed by atoms with Crippen LogP contribution in [0.4, 0.5) is 14.5 Å². The number of hydrogen-bond donors (Lipinski definition) is 1. The summed E-state index contributed by atoms with van der Waals surface area (Å²) in [5, 5.41) is 2.36. The number of rotatable bonds is 3. The highest BCUT2D eigenvalue weighted by atomic mass is 19.1. The van der Waals surface area contributed by atoms with Crippen LogP contribution in [0.3, 0.4) is 0 Å². The molecule has 1 aliphatic carbocycles. The molecule has 1 heterocycles. The molecule has 3 rings (SSSR count). The zero-order valence-electron chi connectivity index (χ0n) is 14.3. The average molecular weight is 350 g/mol. The van der Waals surface area contributed by atoms with Crippen molar-refractivity contribution in [3.8, 4) is 0 Å². The van der Waals surface area contributed by atoms with E-state index in [2.05, 4.69) is 5.32 Å². The lowest BCUT2D eigenvalue weighted by atomic mass is 9.87. The number of nitrogens with one attached hydrogen (secondary N) is 1. The summed E-state index contributed by atoms with van der Waals surface area (Å²) in [7, 11) is 0. The number of carbonyl (C=O) groups excluding carboxylic acids is 2. The van der Waals surface area contributed by atoms with Crippen LogP contribution in [0.2, 0.25) is 0 Å². The number of amides is 2. The molecule has 25 heavy (non-hydrogen) atoms. The van der Waals surface area contributed by atoms with Gasteiger partial charge in [0.15, 0.2) is 0 Å². The summed E-state index contributed by atoms with van der Waals surface area (Å²) in [6.07, 6.45) is 6.42. The summed E-state index contributed by atoms with van der Waals surface area (Å²) in [5.74, 6) is -1.93. The van der Waals surface area contributed by atoms with E-state index in [1.165, 1.54) is 12.5 Å². The first-order valence-electron chi connectivity index (χ1n) is 9.10. The minimum absolute atomic E-state index is 0.131. The minimum Gasteiger partial charge on any atom is -0.342 e. The van der Waals surface area contributed by atoms with E-state index in [1.807, 2.05) is 4.90 Å². The fraction of sp³-hybridized carbons (Fsp3) is 0.579. The number of benzene rings is 1. The van der Waals surface area contributed by atoms with E-state index < -0.39 is 17.3 Å². The van der Waals surface area contributed by atoms with Crippen molar-refractivity contribution in [3.63, 3.8) is 0 Å². The molecule has 0 aromatic heterocycles. The number of para-hydroxylation sites is 1. The van der Waals surface area contributed by atoms with Gasteiger partial charge in [0.1, 0.15) is 17.3 Å². The van der Waals surface area contributed by atoms with Crippen LogP contribution in [0.25, 0.3) is 0 Å². The van der Waals surface area contributed by atoms with Crippen LogP contribution in [0.1, 0.15) is 44.9 Å². The molecule has 2 aliphatic rings. The van der Waals surface area contributed by atoms with Gasteiger partial charge in [-0.15, -0.1) is 0 Å². The Labute approximate surface area is 146 Å². The van der Waals surface area contributed by atoms with E-state index >= 15 is 0 Å². The molecule has 0 spiro atoms. The highest BCUT2D eigenvalue weighted by Gasteiger charge is 2.31. The number of likely N-dealkylation sites (tertiary alicyclic amines) is 1. The van der Waals surface area contributed by atoms with Gasteiger partial charge in [-0.1, -0.05) is 25.3 Å². The zero-order valence-corrected chi connectivity index (χ0v) is 14.3. The van der Waals surface area contributed by atoms with Crippen LogP contribution in [-0.2, 0) is 9.59 Å². The lowest BCUT2D eigenvalue weighted by Gasteiger charge is -2.34. The molecule has 1 aliphatic heterocycles. The highest BCUT2D eigenvalue weighted by molar-refractivity contribution is 5.93. The molecule has 1 saturated heterocycles. The first kappa shape index (κ1) is 17.8. The van der Waals surface area contributed by atoms with Crippen LogP contribution in [0.15, 0.2) is 18.2 Å². The third-order valence-corrected chi connectivity index (χ3v) is 5.34. The summed E-state index contributed by atoms with van der Waals surface area (Å²) in [4.78, 5) is 26.7. The molecule has 4 nitrogen and oxygen atoms in total. The van der Waals surface area contributed by atoms with Crippen molar-refractivity contribution in [1.29, 1.82) is 0 Å². The normalized spacial score (nSPS) is 19.7. The molecule has 2 amide bonds. The second-order valence-corrected chi connectivity index (χ2v) is 7.02. The largest absolute Gasteiger partial charge is 0.342 e. The van der Waals surface area contributed by atoms with Crippen molar-refractivity contribution >= 4 is 17.5 Å². The van der Waals surface area contributed by atoms with Crippen molar-refractivity contribution in [2.24, 2.45) is 11.8 Å². The van der Waals surface area contributed by atoms with Crippen molar-refractivity contribution < 1.29 is 18.4 Å². The zero-order chi connectivity index (χ0) is 17.8.